The molecule has 4 nitrogen and oxygen atoms in total. The molecule has 0 aliphatic carbocycles. The number of carbonyl (C=O) groups excluding carboxylic acids is 1. The van der Waals surface area contributed by atoms with Crippen LogP contribution in [0.1, 0.15) is 18.6 Å². The first-order valence-corrected chi connectivity index (χ1v) is 8.13. The Morgan fingerprint density at radius 3 is 3.00 bits per heavy atom. The molecule has 0 fully saturated rings. The lowest BCUT2D eigenvalue weighted by Gasteiger charge is -2.08. The number of halogens is 1. The molecule has 2 rings (SSSR count). The molecular formula is C15H17ClN2O2S. The molecule has 2 aromatic rings. The highest BCUT2D eigenvalue weighted by Gasteiger charge is 2.06. The van der Waals surface area contributed by atoms with Crippen molar-refractivity contribution in [3.05, 3.63) is 47.4 Å². The third-order valence-electron chi connectivity index (χ3n) is 2.81. The molecule has 0 saturated heterocycles. The second kappa shape index (κ2) is 8.00. The predicted molar refractivity (Wildman–Crippen MR) is 88.6 cm³/mol. The first-order chi connectivity index (χ1) is 10.1. The zero-order chi connectivity index (χ0) is 15.1. The highest BCUT2D eigenvalue weighted by Crippen LogP contribution is 2.23. The van der Waals surface area contributed by atoms with Crippen molar-refractivity contribution in [2.75, 3.05) is 16.8 Å². The fourth-order valence-corrected chi connectivity index (χ4v) is 2.78. The van der Waals surface area contributed by atoms with E-state index in [1.54, 1.807) is 36.2 Å². The van der Waals surface area contributed by atoms with Crippen LogP contribution in [-0.4, -0.2) is 11.7 Å². The van der Waals surface area contributed by atoms with Crippen LogP contribution in [-0.2, 0) is 10.5 Å². The normalized spacial score (nSPS) is 10.5. The summed E-state index contributed by atoms with van der Waals surface area (Å²) in [4.78, 5) is 11.8. The lowest BCUT2D eigenvalue weighted by Crippen LogP contribution is -2.12. The quantitative estimate of drug-likeness (QED) is 0.592. The number of furan rings is 1. The van der Waals surface area contributed by atoms with Gasteiger partial charge in [0.25, 0.3) is 0 Å². The van der Waals surface area contributed by atoms with Crippen molar-refractivity contribution in [1.82, 2.24) is 0 Å². The van der Waals surface area contributed by atoms with Gasteiger partial charge in [-0.2, -0.15) is 11.8 Å². The number of carbonyl (C=O) groups is 1. The molecule has 1 aromatic carbocycles. The van der Waals surface area contributed by atoms with Gasteiger partial charge in [0.05, 0.1) is 23.4 Å². The Balaban J connectivity index is 1.66. The summed E-state index contributed by atoms with van der Waals surface area (Å²) in [5.74, 6) is 2.63. The van der Waals surface area contributed by atoms with E-state index in [4.69, 9.17) is 21.8 Å². The van der Waals surface area contributed by atoms with E-state index in [9.17, 15) is 4.79 Å². The van der Waals surface area contributed by atoms with Gasteiger partial charge in [-0.1, -0.05) is 11.6 Å². The molecule has 0 radical (unpaired) electrons. The number of thioether (sulfide) groups is 1. The number of hydrogen-bond donors (Lipinski definition) is 2. The van der Waals surface area contributed by atoms with Gasteiger partial charge in [-0.05, 0) is 42.5 Å². The van der Waals surface area contributed by atoms with Crippen molar-refractivity contribution in [3.8, 4) is 0 Å². The molecule has 0 bridgehead atoms. The first kappa shape index (κ1) is 15.8. The van der Waals surface area contributed by atoms with Crippen LogP contribution in [0, 0.1) is 0 Å². The third kappa shape index (κ3) is 5.36. The van der Waals surface area contributed by atoms with Crippen molar-refractivity contribution in [2.24, 2.45) is 0 Å². The molecule has 0 aliphatic rings. The van der Waals surface area contributed by atoms with Gasteiger partial charge in [0, 0.05) is 11.4 Å². The Morgan fingerprint density at radius 1 is 1.38 bits per heavy atom. The van der Waals surface area contributed by atoms with E-state index in [0.29, 0.717) is 22.8 Å². The minimum Gasteiger partial charge on any atom is -0.468 e. The molecule has 0 aliphatic heterocycles. The molecule has 0 spiro atoms. The lowest BCUT2D eigenvalue weighted by molar-refractivity contribution is -0.116. The molecule has 1 amide bonds. The van der Waals surface area contributed by atoms with Crippen molar-refractivity contribution in [2.45, 2.75) is 18.6 Å². The SMILES string of the molecule is Nc1ccc(Cl)cc1NC(=O)CCCSCc1ccco1. The van der Waals surface area contributed by atoms with Crippen LogP contribution in [0.5, 0.6) is 0 Å². The van der Waals surface area contributed by atoms with E-state index in [2.05, 4.69) is 5.32 Å². The van der Waals surface area contributed by atoms with Crippen LogP contribution in [0.3, 0.4) is 0 Å². The number of hydrogen-bond acceptors (Lipinski definition) is 4. The monoisotopic (exact) mass is 324 g/mol. The Bertz CT molecular complexity index is 587. The predicted octanol–water partition coefficient (Wildman–Crippen LogP) is 4.17. The molecular weight excluding hydrogens is 308 g/mol. The number of benzene rings is 1. The topological polar surface area (TPSA) is 68.3 Å². The van der Waals surface area contributed by atoms with Gasteiger partial charge >= 0.3 is 0 Å². The fourth-order valence-electron chi connectivity index (χ4n) is 1.75. The smallest absolute Gasteiger partial charge is 0.224 e. The van der Waals surface area contributed by atoms with Gasteiger partial charge in [0.1, 0.15) is 5.76 Å². The molecule has 21 heavy (non-hydrogen) atoms. The van der Waals surface area contributed by atoms with Gasteiger partial charge in [-0.3, -0.25) is 4.79 Å². The van der Waals surface area contributed by atoms with E-state index >= 15 is 0 Å². The van der Waals surface area contributed by atoms with Gasteiger partial charge in [0.15, 0.2) is 0 Å². The number of nitrogens with one attached hydrogen (secondary N) is 1. The molecule has 3 N–H and O–H groups in total. The number of anilines is 2. The number of amides is 1. The van der Waals surface area contributed by atoms with Crippen molar-refractivity contribution in [1.29, 1.82) is 0 Å². The zero-order valence-corrected chi connectivity index (χ0v) is 13.0. The van der Waals surface area contributed by atoms with Gasteiger partial charge in [0.2, 0.25) is 5.91 Å². The fraction of sp³-hybridized carbons (Fsp3) is 0.267. The maximum absolute atomic E-state index is 11.8. The second-order valence-corrected chi connectivity index (χ2v) is 6.06. The molecule has 1 aromatic heterocycles. The minimum atomic E-state index is -0.0532. The average Bonchev–Trinajstić information content (AvgIpc) is 2.96. The second-order valence-electron chi connectivity index (χ2n) is 4.52. The molecule has 0 saturated carbocycles. The summed E-state index contributed by atoms with van der Waals surface area (Å²) in [5.41, 5.74) is 6.86. The maximum atomic E-state index is 11.8. The molecule has 0 unspecified atom stereocenters. The zero-order valence-electron chi connectivity index (χ0n) is 11.5. The average molecular weight is 325 g/mol. The maximum Gasteiger partial charge on any atom is 0.224 e. The van der Waals surface area contributed by atoms with Gasteiger partial charge < -0.3 is 15.5 Å². The molecule has 1 heterocycles. The largest absolute Gasteiger partial charge is 0.468 e. The highest BCUT2D eigenvalue weighted by molar-refractivity contribution is 7.98. The van der Waals surface area contributed by atoms with Gasteiger partial charge in [-0.25, -0.2) is 0 Å². The molecule has 6 heteroatoms. The number of nitrogens with two attached hydrogens (primary N) is 1. The van der Waals surface area contributed by atoms with E-state index in [1.165, 1.54) is 0 Å². The van der Waals surface area contributed by atoms with Crippen LogP contribution in [0.2, 0.25) is 5.02 Å². The number of rotatable bonds is 7. The van der Waals surface area contributed by atoms with E-state index < -0.39 is 0 Å². The third-order valence-corrected chi connectivity index (χ3v) is 4.11. The van der Waals surface area contributed by atoms with Gasteiger partial charge in [-0.15, -0.1) is 0 Å². The van der Waals surface area contributed by atoms with E-state index in [-0.39, 0.29) is 5.91 Å². The molecule has 112 valence electrons. The summed E-state index contributed by atoms with van der Waals surface area (Å²) in [6.07, 6.45) is 2.92. The van der Waals surface area contributed by atoms with E-state index in [0.717, 1.165) is 23.7 Å². The van der Waals surface area contributed by atoms with E-state index in [1.807, 2.05) is 12.1 Å². The van der Waals surface area contributed by atoms with Crippen LogP contribution in [0.15, 0.2) is 41.0 Å². The minimum absolute atomic E-state index is 0.0532. The summed E-state index contributed by atoms with van der Waals surface area (Å²) >= 11 is 7.62. The van der Waals surface area contributed by atoms with Crippen molar-refractivity contribution >= 4 is 40.6 Å². The lowest BCUT2D eigenvalue weighted by atomic mass is 10.2. The highest BCUT2D eigenvalue weighted by atomic mass is 35.5. The number of nitrogen functional groups attached to an aromatic ring is 1. The summed E-state index contributed by atoms with van der Waals surface area (Å²) in [5, 5.41) is 3.33. The Labute approximate surface area is 133 Å². The van der Waals surface area contributed by atoms with Crippen molar-refractivity contribution in [3.63, 3.8) is 0 Å². The summed E-state index contributed by atoms with van der Waals surface area (Å²) in [6.45, 7) is 0. The van der Waals surface area contributed by atoms with Crippen LogP contribution in [0.4, 0.5) is 11.4 Å². The Morgan fingerprint density at radius 2 is 2.24 bits per heavy atom. The van der Waals surface area contributed by atoms with Crippen LogP contribution in [0.25, 0.3) is 0 Å². The van der Waals surface area contributed by atoms with Crippen molar-refractivity contribution < 1.29 is 9.21 Å². The van der Waals surface area contributed by atoms with Crippen LogP contribution >= 0.6 is 23.4 Å². The Kier molecular flexibility index (Phi) is 6.02. The standard InChI is InChI=1S/C15H17ClN2O2S/c16-11-5-6-13(17)14(9-11)18-15(19)4-2-8-21-10-12-3-1-7-20-12/h1,3,5-7,9H,2,4,8,10,17H2,(H,18,19). The first-order valence-electron chi connectivity index (χ1n) is 6.60. The van der Waals surface area contributed by atoms with Crippen LogP contribution < -0.4 is 11.1 Å². The summed E-state index contributed by atoms with van der Waals surface area (Å²) in [6, 6.07) is 8.84. The molecule has 0 atom stereocenters. The summed E-state index contributed by atoms with van der Waals surface area (Å²) < 4.78 is 5.24. The Hall–Kier alpha value is -1.59. The summed E-state index contributed by atoms with van der Waals surface area (Å²) in [7, 11) is 0.